The van der Waals surface area contributed by atoms with Gasteiger partial charge in [-0.3, -0.25) is 0 Å². The molecule has 6 unspecified atom stereocenters. The summed E-state index contributed by atoms with van der Waals surface area (Å²) in [6, 6.07) is 0. The van der Waals surface area contributed by atoms with Crippen molar-refractivity contribution < 1.29 is 0 Å². The van der Waals surface area contributed by atoms with Gasteiger partial charge >= 0.3 is 0 Å². The number of allylic oxidation sites excluding steroid dienone is 2. The predicted molar refractivity (Wildman–Crippen MR) is 78.0 cm³/mol. The minimum Gasteiger partial charge on any atom is -0.0848 e. The zero-order chi connectivity index (χ0) is 11.7. The average molecular weight is 236 g/mol. The normalized spacial score (nSPS) is 46.4. The fraction of sp³-hybridized carbons (Fsp3) is 0.882. The summed E-state index contributed by atoms with van der Waals surface area (Å²) in [4.78, 5) is 0. The summed E-state index contributed by atoms with van der Waals surface area (Å²) in [5.74, 6) is 6.66. The topological polar surface area (TPSA) is 0 Å². The van der Waals surface area contributed by atoms with Gasteiger partial charge in [-0.25, -0.2) is 0 Å². The van der Waals surface area contributed by atoms with Crippen molar-refractivity contribution in [2.75, 3.05) is 0 Å². The van der Waals surface area contributed by atoms with Crippen molar-refractivity contribution in [1.29, 1.82) is 0 Å². The summed E-state index contributed by atoms with van der Waals surface area (Å²) in [5, 5.41) is 0. The lowest BCUT2D eigenvalue weighted by atomic mass is 9.73. The van der Waals surface area contributed by atoms with E-state index in [1.807, 2.05) is 27.7 Å². The second kappa shape index (κ2) is 6.07. The molecule has 0 aromatic rings. The summed E-state index contributed by atoms with van der Waals surface area (Å²) in [6.45, 7) is 8.00. The third kappa shape index (κ3) is 2.09. The van der Waals surface area contributed by atoms with E-state index >= 15 is 0 Å². The van der Waals surface area contributed by atoms with Crippen LogP contribution in [-0.4, -0.2) is 0 Å². The molecular formula is C17H32. The van der Waals surface area contributed by atoms with E-state index in [1.54, 1.807) is 19.3 Å². The first-order valence-electron chi connectivity index (χ1n) is 7.62. The van der Waals surface area contributed by atoms with E-state index in [1.165, 1.54) is 6.42 Å². The van der Waals surface area contributed by atoms with Crippen LogP contribution >= 0.6 is 0 Å². The minimum atomic E-state index is 0. The third-order valence-electron chi connectivity index (χ3n) is 5.19. The van der Waals surface area contributed by atoms with Gasteiger partial charge in [0, 0.05) is 0 Å². The van der Waals surface area contributed by atoms with Gasteiger partial charge in [0.1, 0.15) is 0 Å². The molecule has 0 spiro atoms. The lowest BCUT2D eigenvalue weighted by Gasteiger charge is -2.31. The molecule has 0 heterocycles. The number of hydrogen-bond donors (Lipinski definition) is 0. The number of rotatable bonds is 0. The molecule has 3 fully saturated rings. The summed E-state index contributed by atoms with van der Waals surface area (Å²) in [5.41, 5.74) is 0. The Hall–Kier alpha value is -0.260. The molecule has 0 heteroatoms. The molecule has 6 atom stereocenters. The van der Waals surface area contributed by atoms with Crippen molar-refractivity contribution >= 4 is 0 Å². The van der Waals surface area contributed by atoms with Crippen molar-refractivity contribution in [1.82, 2.24) is 0 Å². The summed E-state index contributed by atoms with van der Waals surface area (Å²) in [6.07, 6.45) is 11.3. The third-order valence-corrected chi connectivity index (χ3v) is 5.19. The maximum absolute atomic E-state index is 2.53. The summed E-state index contributed by atoms with van der Waals surface area (Å²) in [7, 11) is 0. The minimum absolute atomic E-state index is 0. The Morgan fingerprint density at radius 1 is 0.706 bits per heavy atom. The number of fused-ring (bicyclic) bond motifs is 9. The molecule has 4 aliphatic carbocycles. The lowest BCUT2D eigenvalue weighted by Crippen LogP contribution is -2.25. The van der Waals surface area contributed by atoms with E-state index in [9.17, 15) is 0 Å². The highest BCUT2D eigenvalue weighted by molar-refractivity contribution is 5.19. The molecule has 100 valence electrons. The first kappa shape index (κ1) is 14.8. The van der Waals surface area contributed by atoms with Gasteiger partial charge in [-0.1, -0.05) is 47.3 Å². The molecule has 0 amide bonds. The monoisotopic (exact) mass is 236 g/mol. The van der Waals surface area contributed by atoms with Crippen LogP contribution in [0.4, 0.5) is 0 Å². The zero-order valence-corrected chi connectivity index (χ0v) is 11.4. The van der Waals surface area contributed by atoms with Crippen molar-refractivity contribution in [3.05, 3.63) is 12.2 Å². The fourth-order valence-electron chi connectivity index (χ4n) is 4.98. The second-order valence-corrected chi connectivity index (χ2v) is 5.44. The lowest BCUT2D eigenvalue weighted by molar-refractivity contribution is 0.206. The van der Waals surface area contributed by atoms with Crippen LogP contribution in [0.5, 0.6) is 0 Å². The van der Waals surface area contributed by atoms with Crippen LogP contribution in [0.2, 0.25) is 0 Å². The van der Waals surface area contributed by atoms with E-state index in [0.717, 1.165) is 35.5 Å². The van der Waals surface area contributed by atoms with Gasteiger partial charge in [0.15, 0.2) is 0 Å². The Morgan fingerprint density at radius 3 is 1.53 bits per heavy atom. The molecule has 0 saturated heterocycles. The molecule has 4 aliphatic rings. The van der Waals surface area contributed by atoms with Crippen molar-refractivity contribution in [2.24, 2.45) is 35.5 Å². The smallest absolute Gasteiger partial charge is 0.0194 e. The van der Waals surface area contributed by atoms with Crippen LogP contribution in [0.3, 0.4) is 0 Å². The number of hydrogen-bond acceptors (Lipinski definition) is 0. The fourth-order valence-corrected chi connectivity index (χ4v) is 4.98. The standard InChI is InChI=1S/C12H16.2C2H6.CH4/c1-2-8-5-7(1)11-9-3-4-10(6-9)12(8)11;2*1-2;/h1-2,7-12H,3-6H2;2*1-2H3;1H4. The van der Waals surface area contributed by atoms with Crippen LogP contribution in [0, 0.1) is 35.5 Å². The van der Waals surface area contributed by atoms with Crippen LogP contribution in [0.25, 0.3) is 0 Å². The van der Waals surface area contributed by atoms with Gasteiger partial charge in [0.05, 0.1) is 0 Å². The Bertz CT molecular complexity index is 229. The van der Waals surface area contributed by atoms with Crippen LogP contribution in [0.1, 0.15) is 60.8 Å². The van der Waals surface area contributed by atoms with E-state index in [0.29, 0.717) is 0 Å². The van der Waals surface area contributed by atoms with E-state index in [4.69, 9.17) is 0 Å². The molecule has 0 nitrogen and oxygen atoms in total. The van der Waals surface area contributed by atoms with Crippen molar-refractivity contribution in [3.8, 4) is 0 Å². The SMILES string of the molecule is C.C1=CC2CC1C1C3CCC(C3)C21.CC.CC. The highest BCUT2D eigenvalue weighted by atomic mass is 14.6. The second-order valence-electron chi connectivity index (χ2n) is 5.44. The molecular weight excluding hydrogens is 204 g/mol. The van der Waals surface area contributed by atoms with Gasteiger partial charge in [0.2, 0.25) is 0 Å². The molecule has 4 rings (SSSR count). The first-order chi connectivity index (χ1) is 7.93. The molecule has 0 aromatic carbocycles. The molecule has 17 heavy (non-hydrogen) atoms. The Morgan fingerprint density at radius 2 is 1.12 bits per heavy atom. The van der Waals surface area contributed by atoms with Crippen LogP contribution < -0.4 is 0 Å². The molecule has 0 aromatic heterocycles. The van der Waals surface area contributed by atoms with Crippen molar-refractivity contribution in [3.63, 3.8) is 0 Å². The molecule has 0 N–H and O–H groups in total. The molecule has 4 bridgehead atoms. The molecule has 0 radical (unpaired) electrons. The maximum Gasteiger partial charge on any atom is -0.0194 e. The average Bonchev–Trinajstić information content (AvgIpc) is 3.13. The van der Waals surface area contributed by atoms with Crippen LogP contribution in [-0.2, 0) is 0 Å². The van der Waals surface area contributed by atoms with Gasteiger partial charge in [-0.05, 0) is 61.2 Å². The largest absolute Gasteiger partial charge is 0.0848 e. The first-order valence-corrected chi connectivity index (χ1v) is 7.62. The quantitative estimate of drug-likeness (QED) is 0.382. The zero-order valence-electron chi connectivity index (χ0n) is 11.4. The molecule has 0 aliphatic heterocycles. The van der Waals surface area contributed by atoms with E-state index in [2.05, 4.69) is 12.2 Å². The van der Waals surface area contributed by atoms with Crippen molar-refractivity contribution in [2.45, 2.75) is 60.8 Å². The Balaban J connectivity index is 0.000000266. The van der Waals surface area contributed by atoms with Gasteiger partial charge < -0.3 is 0 Å². The van der Waals surface area contributed by atoms with Gasteiger partial charge in [0.25, 0.3) is 0 Å². The molecule has 3 saturated carbocycles. The van der Waals surface area contributed by atoms with E-state index < -0.39 is 0 Å². The van der Waals surface area contributed by atoms with E-state index in [-0.39, 0.29) is 7.43 Å². The van der Waals surface area contributed by atoms with Gasteiger partial charge in [-0.2, -0.15) is 0 Å². The maximum atomic E-state index is 2.53. The summed E-state index contributed by atoms with van der Waals surface area (Å²) >= 11 is 0. The predicted octanol–water partition coefficient (Wildman–Crippen LogP) is 5.54. The highest BCUT2D eigenvalue weighted by Crippen LogP contribution is 2.65. The summed E-state index contributed by atoms with van der Waals surface area (Å²) < 4.78 is 0. The Labute approximate surface area is 109 Å². The van der Waals surface area contributed by atoms with Gasteiger partial charge in [-0.15, -0.1) is 0 Å². The Kier molecular flexibility index (Phi) is 5.28. The van der Waals surface area contributed by atoms with Crippen LogP contribution in [0.15, 0.2) is 12.2 Å². The highest BCUT2D eigenvalue weighted by Gasteiger charge is 2.57.